The summed E-state index contributed by atoms with van der Waals surface area (Å²) in [5.41, 5.74) is 0.398. The highest BCUT2D eigenvalue weighted by atomic mass is 16.6. The van der Waals surface area contributed by atoms with Crippen LogP contribution in [-0.4, -0.2) is 52.8 Å². The Morgan fingerprint density at radius 1 is 1.46 bits per heavy atom. The summed E-state index contributed by atoms with van der Waals surface area (Å²) < 4.78 is 5.20. The van der Waals surface area contributed by atoms with Gasteiger partial charge in [-0.2, -0.15) is 0 Å². The highest BCUT2D eigenvalue weighted by Crippen LogP contribution is 2.16. The Balaban J connectivity index is 2.10. The van der Waals surface area contributed by atoms with Gasteiger partial charge in [0, 0.05) is 31.3 Å². The molecule has 0 saturated carbocycles. The van der Waals surface area contributed by atoms with Crippen LogP contribution in [-0.2, 0) is 19.1 Å². The van der Waals surface area contributed by atoms with E-state index in [1.165, 1.54) is 35.3 Å². The number of carbonyl (C=O) groups excluding carboxylic acids is 3. The predicted molar refractivity (Wildman–Crippen MR) is 101 cm³/mol. The summed E-state index contributed by atoms with van der Waals surface area (Å²) in [7, 11) is 0. The third-order valence-electron chi connectivity index (χ3n) is 4.38. The number of nitrogens with one attached hydrogen (secondary N) is 1. The van der Waals surface area contributed by atoms with Gasteiger partial charge in [-0.05, 0) is 25.0 Å². The van der Waals surface area contributed by atoms with E-state index in [2.05, 4.69) is 5.32 Å². The normalized spacial score (nSPS) is 17.9. The lowest BCUT2D eigenvalue weighted by Crippen LogP contribution is -2.57. The maximum absolute atomic E-state index is 12.6. The van der Waals surface area contributed by atoms with Crippen LogP contribution < -0.4 is 5.32 Å². The zero-order valence-corrected chi connectivity index (χ0v) is 15.8. The van der Waals surface area contributed by atoms with Crippen molar-refractivity contribution in [2.24, 2.45) is 0 Å². The van der Waals surface area contributed by atoms with E-state index in [4.69, 9.17) is 4.74 Å². The number of non-ortho nitro benzene ring substituents is 1. The second-order valence-corrected chi connectivity index (χ2v) is 6.44. The second kappa shape index (κ2) is 9.63. The lowest BCUT2D eigenvalue weighted by atomic mass is 10.1. The molecular formula is C19H23N3O6. The zero-order valence-electron chi connectivity index (χ0n) is 15.8. The van der Waals surface area contributed by atoms with Gasteiger partial charge in [0.2, 0.25) is 11.8 Å². The lowest BCUT2D eigenvalue weighted by Gasteiger charge is -2.34. The molecule has 1 aliphatic rings. The molecule has 2 amide bonds. The number of nitro benzene ring substituents is 1. The van der Waals surface area contributed by atoms with Crippen molar-refractivity contribution in [3.63, 3.8) is 0 Å². The molecule has 2 unspecified atom stereocenters. The van der Waals surface area contributed by atoms with Crippen molar-refractivity contribution >= 4 is 29.5 Å². The first-order valence-electron chi connectivity index (χ1n) is 9.02. The van der Waals surface area contributed by atoms with Gasteiger partial charge in [-0.15, -0.1) is 0 Å². The van der Waals surface area contributed by atoms with Gasteiger partial charge in [0.15, 0.2) is 0 Å². The number of amides is 2. The summed E-state index contributed by atoms with van der Waals surface area (Å²) in [6.07, 6.45) is 2.84. The first-order chi connectivity index (χ1) is 13.3. The van der Waals surface area contributed by atoms with E-state index < -0.39 is 28.7 Å². The maximum atomic E-state index is 12.6. The topological polar surface area (TPSA) is 119 Å². The van der Waals surface area contributed by atoms with Crippen LogP contribution in [0.1, 0.15) is 32.3 Å². The van der Waals surface area contributed by atoms with Gasteiger partial charge in [0.25, 0.3) is 5.69 Å². The van der Waals surface area contributed by atoms with Crippen molar-refractivity contribution in [2.45, 2.75) is 38.8 Å². The van der Waals surface area contributed by atoms with Crippen LogP contribution in [0.15, 0.2) is 30.3 Å². The van der Waals surface area contributed by atoms with Gasteiger partial charge >= 0.3 is 5.97 Å². The van der Waals surface area contributed by atoms with Crippen LogP contribution in [0.4, 0.5) is 5.69 Å². The third kappa shape index (κ3) is 5.63. The number of rotatable bonds is 7. The third-order valence-corrected chi connectivity index (χ3v) is 4.38. The van der Waals surface area contributed by atoms with Crippen LogP contribution in [0.25, 0.3) is 6.08 Å². The Kier molecular flexibility index (Phi) is 7.25. The average molecular weight is 389 g/mol. The fraction of sp³-hybridized carbons (Fsp3) is 0.421. The highest BCUT2D eigenvalue weighted by Gasteiger charge is 2.34. The van der Waals surface area contributed by atoms with Gasteiger partial charge < -0.3 is 15.0 Å². The fourth-order valence-corrected chi connectivity index (χ4v) is 2.70. The van der Waals surface area contributed by atoms with E-state index in [-0.39, 0.29) is 31.3 Å². The lowest BCUT2D eigenvalue weighted by molar-refractivity contribution is -0.384. The molecule has 1 heterocycles. The van der Waals surface area contributed by atoms with E-state index in [9.17, 15) is 24.5 Å². The first-order valence-corrected chi connectivity index (χ1v) is 9.02. The summed E-state index contributed by atoms with van der Waals surface area (Å²) >= 11 is 0. The standard InChI is InChI=1S/C19H23N3O6/c1-3-13(2)28-18(24)12-16-19(25)20-9-10-21(16)17(23)8-7-14-5-4-6-15(11-14)22(26)27/h4-8,11,13,16H,3,9-10,12H2,1-2H3,(H,20,25)/b8-7+. The van der Waals surface area contributed by atoms with Crippen molar-refractivity contribution < 1.29 is 24.0 Å². The number of benzene rings is 1. The molecule has 150 valence electrons. The first kappa shape index (κ1) is 21.1. The molecule has 2 atom stereocenters. The van der Waals surface area contributed by atoms with Gasteiger partial charge in [0.05, 0.1) is 17.4 Å². The molecule has 1 N–H and O–H groups in total. The number of ether oxygens (including phenoxy) is 1. The van der Waals surface area contributed by atoms with Crippen molar-refractivity contribution in [1.82, 2.24) is 10.2 Å². The molecular weight excluding hydrogens is 366 g/mol. The van der Waals surface area contributed by atoms with E-state index in [0.29, 0.717) is 12.0 Å². The van der Waals surface area contributed by atoms with E-state index >= 15 is 0 Å². The maximum Gasteiger partial charge on any atom is 0.308 e. The molecule has 0 aliphatic carbocycles. The molecule has 1 aliphatic heterocycles. The minimum atomic E-state index is -0.951. The van der Waals surface area contributed by atoms with Crippen molar-refractivity contribution in [3.05, 3.63) is 46.0 Å². The monoisotopic (exact) mass is 389 g/mol. The number of carbonyl (C=O) groups is 3. The molecule has 1 aromatic carbocycles. The molecule has 0 aromatic heterocycles. The number of esters is 1. The summed E-state index contributed by atoms with van der Waals surface area (Å²) in [6.45, 7) is 4.17. The summed E-state index contributed by atoms with van der Waals surface area (Å²) in [6, 6.07) is 4.89. The smallest absolute Gasteiger partial charge is 0.308 e. The van der Waals surface area contributed by atoms with Gasteiger partial charge in [-0.1, -0.05) is 19.1 Å². The molecule has 0 bridgehead atoms. The Labute approximate surface area is 162 Å². The Morgan fingerprint density at radius 2 is 2.21 bits per heavy atom. The Morgan fingerprint density at radius 3 is 2.89 bits per heavy atom. The Bertz CT molecular complexity index is 792. The van der Waals surface area contributed by atoms with Crippen molar-refractivity contribution in [3.8, 4) is 0 Å². The molecule has 1 aromatic rings. The number of hydrogen-bond donors (Lipinski definition) is 1. The molecule has 1 saturated heterocycles. The highest BCUT2D eigenvalue weighted by molar-refractivity contribution is 5.97. The van der Waals surface area contributed by atoms with E-state index in [0.717, 1.165) is 0 Å². The zero-order chi connectivity index (χ0) is 20.7. The number of nitrogens with zero attached hydrogens (tertiary/aromatic N) is 2. The number of hydrogen-bond acceptors (Lipinski definition) is 6. The molecule has 9 nitrogen and oxygen atoms in total. The molecule has 28 heavy (non-hydrogen) atoms. The summed E-state index contributed by atoms with van der Waals surface area (Å²) in [5, 5.41) is 13.5. The Hall–Kier alpha value is -3.23. The summed E-state index contributed by atoms with van der Waals surface area (Å²) in [5.74, 6) is -1.41. The van der Waals surface area contributed by atoms with Crippen LogP contribution in [0.3, 0.4) is 0 Å². The number of piperazine rings is 1. The molecule has 2 rings (SSSR count). The van der Waals surface area contributed by atoms with Gasteiger partial charge in [0.1, 0.15) is 6.04 Å². The van der Waals surface area contributed by atoms with E-state index in [1.807, 2.05) is 6.92 Å². The van der Waals surface area contributed by atoms with Crippen molar-refractivity contribution in [2.75, 3.05) is 13.1 Å². The summed E-state index contributed by atoms with van der Waals surface area (Å²) in [4.78, 5) is 48.4. The minimum absolute atomic E-state index is 0.0855. The molecule has 9 heteroatoms. The largest absolute Gasteiger partial charge is 0.463 e. The molecule has 0 spiro atoms. The van der Waals surface area contributed by atoms with E-state index in [1.54, 1.807) is 13.0 Å². The van der Waals surface area contributed by atoms with Crippen LogP contribution >= 0.6 is 0 Å². The average Bonchev–Trinajstić information content (AvgIpc) is 2.67. The number of nitro groups is 1. The SMILES string of the molecule is CCC(C)OC(=O)CC1C(=O)NCCN1C(=O)/C=C/c1cccc([N+](=O)[O-])c1. The second-order valence-electron chi connectivity index (χ2n) is 6.44. The van der Waals surface area contributed by atoms with Gasteiger partial charge in [-0.3, -0.25) is 24.5 Å². The van der Waals surface area contributed by atoms with Gasteiger partial charge in [-0.25, -0.2) is 0 Å². The van der Waals surface area contributed by atoms with Crippen molar-refractivity contribution in [1.29, 1.82) is 0 Å². The quantitative estimate of drug-likeness (QED) is 0.328. The fourth-order valence-electron chi connectivity index (χ4n) is 2.70. The molecule has 0 radical (unpaired) electrons. The van der Waals surface area contributed by atoms with Crippen LogP contribution in [0.2, 0.25) is 0 Å². The predicted octanol–water partition coefficient (Wildman–Crippen LogP) is 1.67. The van der Waals surface area contributed by atoms with Crippen LogP contribution in [0.5, 0.6) is 0 Å². The molecule has 1 fully saturated rings. The van der Waals surface area contributed by atoms with Crippen LogP contribution in [0, 0.1) is 10.1 Å². The minimum Gasteiger partial charge on any atom is -0.463 e.